The molecular formula is C31H37FO3. The zero-order valence-electron chi connectivity index (χ0n) is 21.9. The molecule has 0 amide bonds. The fourth-order valence-corrected chi connectivity index (χ4v) is 3.94. The van der Waals surface area contributed by atoms with E-state index in [0.29, 0.717) is 5.75 Å². The van der Waals surface area contributed by atoms with E-state index in [1.54, 1.807) is 13.2 Å². The van der Waals surface area contributed by atoms with Gasteiger partial charge in [-0.2, -0.15) is 0 Å². The Hall–Kier alpha value is -3.27. The van der Waals surface area contributed by atoms with E-state index in [2.05, 4.69) is 59.7 Å². The summed E-state index contributed by atoms with van der Waals surface area (Å²) in [6, 6.07) is 18.8. The van der Waals surface area contributed by atoms with Crippen molar-refractivity contribution in [1.29, 1.82) is 0 Å². The van der Waals surface area contributed by atoms with Crippen LogP contribution >= 0.6 is 0 Å². The van der Waals surface area contributed by atoms with Crippen molar-refractivity contribution in [3.8, 4) is 17.2 Å². The molecule has 0 bridgehead atoms. The lowest BCUT2D eigenvalue weighted by Gasteiger charge is -2.23. The zero-order chi connectivity index (χ0) is 26.0. The number of rotatable bonds is 5. The van der Waals surface area contributed by atoms with E-state index >= 15 is 0 Å². The van der Waals surface area contributed by atoms with Gasteiger partial charge in [-0.1, -0.05) is 77.9 Å². The summed E-state index contributed by atoms with van der Waals surface area (Å²) >= 11 is 0. The number of fused-ring (bicyclic) bond motifs is 2. The second kappa shape index (κ2) is 10.2. The van der Waals surface area contributed by atoms with Crippen molar-refractivity contribution in [1.82, 2.24) is 0 Å². The van der Waals surface area contributed by atoms with Gasteiger partial charge in [-0.25, -0.2) is 4.39 Å². The van der Waals surface area contributed by atoms with Crippen LogP contribution in [0.5, 0.6) is 17.2 Å². The van der Waals surface area contributed by atoms with Crippen LogP contribution in [0.4, 0.5) is 4.39 Å². The van der Waals surface area contributed by atoms with Gasteiger partial charge >= 0.3 is 0 Å². The monoisotopic (exact) mass is 476 g/mol. The van der Waals surface area contributed by atoms with Crippen LogP contribution in [0, 0.1) is 5.82 Å². The first-order chi connectivity index (χ1) is 16.4. The van der Waals surface area contributed by atoms with Gasteiger partial charge in [0.15, 0.2) is 23.1 Å². The number of phenols is 2. The summed E-state index contributed by atoms with van der Waals surface area (Å²) in [6.45, 7) is 13.2. The highest BCUT2D eigenvalue weighted by Crippen LogP contribution is 2.35. The summed E-state index contributed by atoms with van der Waals surface area (Å²) in [4.78, 5) is 0. The normalized spacial score (nSPS) is 11.9. The van der Waals surface area contributed by atoms with Gasteiger partial charge in [0.25, 0.3) is 0 Å². The predicted molar refractivity (Wildman–Crippen MR) is 144 cm³/mol. The van der Waals surface area contributed by atoms with Gasteiger partial charge in [0, 0.05) is 0 Å². The van der Waals surface area contributed by atoms with Crippen LogP contribution in [-0.4, -0.2) is 17.3 Å². The van der Waals surface area contributed by atoms with E-state index in [0.717, 1.165) is 34.4 Å². The summed E-state index contributed by atoms with van der Waals surface area (Å²) in [5.74, 6) is -0.148. The van der Waals surface area contributed by atoms with Crippen molar-refractivity contribution in [2.45, 2.75) is 65.2 Å². The molecule has 0 spiro atoms. The molecule has 4 aromatic carbocycles. The number of ether oxygens (including phenoxy) is 1. The fraction of sp³-hybridized carbons (Fsp3) is 0.355. The molecule has 0 aliphatic rings. The number of phenolic OH excluding ortho intramolecular Hbond substituents is 2. The molecule has 0 unspecified atom stereocenters. The van der Waals surface area contributed by atoms with Gasteiger partial charge in [-0.3, -0.25) is 0 Å². The second-order valence-corrected chi connectivity index (χ2v) is 10.4. The van der Waals surface area contributed by atoms with Gasteiger partial charge in [0.2, 0.25) is 0 Å². The molecular weight excluding hydrogens is 439 g/mol. The van der Waals surface area contributed by atoms with Crippen molar-refractivity contribution in [2.75, 3.05) is 7.11 Å². The second-order valence-electron chi connectivity index (χ2n) is 10.4. The Morgan fingerprint density at radius 2 is 1.11 bits per heavy atom. The smallest absolute Gasteiger partial charge is 0.165 e. The highest BCUT2D eigenvalue weighted by Gasteiger charge is 2.19. The molecule has 4 rings (SSSR count). The van der Waals surface area contributed by atoms with E-state index in [1.807, 2.05) is 24.3 Å². The van der Waals surface area contributed by atoms with Crippen molar-refractivity contribution in [3.63, 3.8) is 0 Å². The Bertz CT molecular complexity index is 1340. The molecule has 0 heterocycles. The summed E-state index contributed by atoms with van der Waals surface area (Å²) in [7, 11) is 1.57. The summed E-state index contributed by atoms with van der Waals surface area (Å²) in [5.41, 5.74) is 2.75. The van der Waals surface area contributed by atoms with Gasteiger partial charge in [-0.05, 0) is 80.6 Å². The van der Waals surface area contributed by atoms with Gasteiger partial charge in [0.1, 0.15) is 0 Å². The molecule has 0 radical (unpaired) electrons. The maximum Gasteiger partial charge on any atom is 0.165 e. The van der Waals surface area contributed by atoms with Crippen molar-refractivity contribution in [2.24, 2.45) is 0 Å². The molecule has 4 heteroatoms. The third-order valence-corrected chi connectivity index (χ3v) is 7.37. The molecule has 0 atom stereocenters. The Balaban J connectivity index is 0.000000196. The lowest BCUT2D eigenvalue weighted by Crippen LogP contribution is -2.15. The van der Waals surface area contributed by atoms with Crippen LogP contribution in [-0.2, 0) is 10.8 Å². The molecule has 0 saturated carbocycles. The number of methoxy groups -OCH3 is 1. The van der Waals surface area contributed by atoms with Gasteiger partial charge in [-0.15, -0.1) is 0 Å². The maximum absolute atomic E-state index is 13.3. The lowest BCUT2D eigenvalue weighted by atomic mass is 9.81. The van der Waals surface area contributed by atoms with E-state index in [9.17, 15) is 14.6 Å². The van der Waals surface area contributed by atoms with Crippen molar-refractivity contribution < 1.29 is 19.3 Å². The summed E-state index contributed by atoms with van der Waals surface area (Å²) in [5, 5.41) is 22.9. The number of aromatic hydroxyl groups is 2. The fourth-order valence-electron chi connectivity index (χ4n) is 3.94. The van der Waals surface area contributed by atoms with Crippen LogP contribution in [0.15, 0.2) is 60.7 Å². The first-order valence-corrected chi connectivity index (χ1v) is 12.2. The number of benzene rings is 4. The minimum absolute atomic E-state index is 0.0859. The average Bonchev–Trinajstić information content (AvgIpc) is 2.84. The molecule has 0 saturated heterocycles. The molecule has 4 aromatic rings. The molecule has 186 valence electrons. The molecule has 0 aromatic heterocycles. The minimum atomic E-state index is -0.566. The molecule has 2 N–H and O–H groups in total. The van der Waals surface area contributed by atoms with E-state index in [1.165, 1.54) is 23.3 Å². The zero-order valence-corrected chi connectivity index (χ0v) is 21.9. The minimum Gasteiger partial charge on any atom is -0.505 e. The Morgan fingerprint density at radius 3 is 1.57 bits per heavy atom. The molecule has 0 aliphatic heterocycles. The van der Waals surface area contributed by atoms with E-state index < -0.39 is 5.82 Å². The Morgan fingerprint density at radius 1 is 0.657 bits per heavy atom. The van der Waals surface area contributed by atoms with Crippen LogP contribution in [0.1, 0.15) is 65.5 Å². The third-order valence-electron chi connectivity index (χ3n) is 7.37. The van der Waals surface area contributed by atoms with Crippen LogP contribution in [0.3, 0.4) is 0 Å². The molecule has 0 aliphatic carbocycles. The maximum atomic E-state index is 13.3. The third kappa shape index (κ3) is 5.70. The topological polar surface area (TPSA) is 49.7 Å². The van der Waals surface area contributed by atoms with Crippen LogP contribution in [0.2, 0.25) is 0 Å². The molecule has 35 heavy (non-hydrogen) atoms. The quantitative estimate of drug-likeness (QED) is 0.303. The van der Waals surface area contributed by atoms with Crippen LogP contribution < -0.4 is 4.74 Å². The first kappa shape index (κ1) is 26.3. The van der Waals surface area contributed by atoms with Crippen molar-refractivity contribution >= 4 is 21.5 Å². The first-order valence-electron chi connectivity index (χ1n) is 12.2. The van der Waals surface area contributed by atoms with Crippen LogP contribution in [0.25, 0.3) is 21.5 Å². The number of halogens is 1. The predicted octanol–water partition coefficient (Wildman–Crippen LogP) is 8.61. The lowest BCUT2D eigenvalue weighted by molar-refractivity contribution is 0.374. The van der Waals surface area contributed by atoms with Gasteiger partial charge < -0.3 is 14.9 Å². The largest absolute Gasteiger partial charge is 0.505 e. The number of hydrogen-bond donors (Lipinski definition) is 2. The highest BCUT2D eigenvalue weighted by atomic mass is 19.1. The highest BCUT2D eigenvalue weighted by molar-refractivity contribution is 5.87. The molecule has 3 nitrogen and oxygen atoms in total. The van der Waals surface area contributed by atoms with E-state index in [4.69, 9.17) is 4.74 Å². The summed E-state index contributed by atoms with van der Waals surface area (Å²) in [6.07, 6.45) is 2.12. The standard InChI is InChI=1S/C16H20O2.C15H17FO/c1-5-16(2,3)13-7-6-11-9-14(17)15(18-4)10-12(11)8-13;1-4-15(2,3)12-6-5-10-9-14(17)13(16)8-11(10)7-12/h6-10,17H,5H2,1-4H3;5-9,17H,4H2,1-3H3. The average molecular weight is 477 g/mol. The van der Waals surface area contributed by atoms with Gasteiger partial charge in [0.05, 0.1) is 7.11 Å². The Labute approximate surface area is 208 Å². The number of hydrogen-bond acceptors (Lipinski definition) is 3. The Kier molecular flexibility index (Phi) is 7.64. The van der Waals surface area contributed by atoms with Crippen molar-refractivity contribution in [3.05, 3.63) is 77.6 Å². The molecule has 0 fully saturated rings. The summed E-state index contributed by atoms with van der Waals surface area (Å²) < 4.78 is 18.5. The van der Waals surface area contributed by atoms with E-state index in [-0.39, 0.29) is 22.3 Å². The SMILES string of the molecule is CCC(C)(C)c1ccc2cc(O)c(F)cc2c1.CCC(C)(C)c1ccc2cc(O)c(OC)cc2c1.